The highest BCUT2D eigenvalue weighted by molar-refractivity contribution is 5.66. The fraction of sp³-hybridized carbons (Fsp3) is 0.444. The van der Waals surface area contributed by atoms with E-state index in [2.05, 4.69) is 0 Å². The van der Waals surface area contributed by atoms with Crippen LogP contribution in [0.25, 0.3) is 0 Å². The van der Waals surface area contributed by atoms with Gasteiger partial charge in [-0.2, -0.15) is 0 Å². The van der Waals surface area contributed by atoms with Gasteiger partial charge in [0.15, 0.2) is 0 Å². The summed E-state index contributed by atoms with van der Waals surface area (Å²) >= 11 is 0. The van der Waals surface area contributed by atoms with E-state index in [0.717, 1.165) is 17.6 Å². The lowest BCUT2D eigenvalue weighted by Gasteiger charge is -2.13. The second-order valence-corrected chi connectivity index (χ2v) is 3.27. The van der Waals surface area contributed by atoms with Crippen molar-refractivity contribution in [3.63, 3.8) is 0 Å². The molecule has 0 amide bonds. The first-order valence-corrected chi connectivity index (χ1v) is 3.59. The summed E-state index contributed by atoms with van der Waals surface area (Å²) in [5.41, 5.74) is 0.537. The molecule has 1 aromatic heterocycles. The summed E-state index contributed by atoms with van der Waals surface area (Å²) in [5, 5.41) is 0. The van der Waals surface area contributed by atoms with Crippen LogP contribution in [0.4, 0.5) is 0 Å². The zero-order chi connectivity index (χ0) is 8.48. The monoisotopic (exact) mass is 152 g/mol. The molecule has 0 bridgehead atoms. The third-order valence-corrected chi connectivity index (χ3v) is 1.74. The molecule has 0 atom stereocenters. The van der Waals surface area contributed by atoms with Gasteiger partial charge in [0.05, 0.1) is 11.7 Å². The van der Waals surface area contributed by atoms with Gasteiger partial charge in [-0.15, -0.1) is 0 Å². The summed E-state index contributed by atoms with van der Waals surface area (Å²) in [5.74, 6) is 0.757. The van der Waals surface area contributed by atoms with E-state index in [0.29, 0.717) is 0 Å². The van der Waals surface area contributed by atoms with E-state index in [4.69, 9.17) is 4.42 Å². The van der Waals surface area contributed by atoms with E-state index in [1.54, 1.807) is 6.26 Å². The van der Waals surface area contributed by atoms with Gasteiger partial charge in [-0.05, 0) is 32.4 Å². The molecule has 2 heteroatoms. The molecule has 0 fully saturated rings. The normalized spacial score (nSPS) is 11.5. The summed E-state index contributed by atoms with van der Waals surface area (Å²) in [6.45, 7) is 5.61. The van der Waals surface area contributed by atoms with E-state index < -0.39 is 5.41 Å². The SMILES string of the molecule is Cc1ccoc1C(C)(C)C=O. The molecule has 1 aromatic rings. The summed E-state index contributed by atoms with van der Waals surface area (Å²) in [6.07, 6.45) is 2.51. The van der Waals surface area contributed by atoms with Crippen molar-refractivity contribution in [2.45, 2.75) is 26.2 Å². The van der Waals surface area contributed by atoms with Crippen molar-refractivity contribution >= 4 is 6.29 Å². The molecule has 1 heterocycles. The van der Waals surface area contributed by atoms with Crippen molar-refractivity contribution in [1.29, 1.82) is 0 Å². The molecule has 0 spiro atoms. The van der Waals surface area contributed by atoms with Gasteiger partial charge >= 0.3 is 0 Å². The van der Waals surface area contributed by atoms with Crippen molar-refractivity contribution in [1.82, 2.24) is 0 Å². The number of aryl methyl sites for hydroxylation is 1. The van der Waals surface area contributed by atoms with Crippen molar-refractivity contribution < 1.29 is 9.21 Å². The average Bonchev–Trinajstić information content (AvgIpc) is 2.36. The predicted molar refractivity (Wildman–Crippen MR) is 42.5 cm³/mol. The van der Waals surface area contributed by atoms with Gasteiger partial charge in [0.1, 0.15) is 12.0 Å². The van der Waals surface area contributed by atoms with Gasteiger partial charge in [-0.1, -0.05) is 0 Å². The van der Waals surface area contributed by atoms with Gasteiger partial charge in [-0.3, -0.25) is 0 Å². The highest BCUT2D eigenvalue weighted by Gasteiger charge is 2.24. The molecule has 0 unspecified atom stereocenters. The van der Waals surface area contributed by atoms with Gasteiger partial charge in [-0.25, -0.2) is 0 Å². The Morgan fingerprint density at radius 1 is 1.55 bits per heavy atom. The van der Waals surface area contributed by atoms with Crippen LogP contribution in [-0.2, 0) is 10.2 Å². The molecule has 1 rings (SSSR count). The largest absolute Gasteiger partial charge is 0.468 e. The molecule has 60 valence electrons. The van der Waals surface area contributed by atoms with Crippen LogP contribution in [-0.4, -0.2) is 6.29 Å². The van der Waals surface area contributed by atoms with E-state index >= 15 is 0 Å². The number of hydrogen-bond donors (Lipinski definition) is 0. The third-order valence-electron chi connectivity index (χ3n) is 1.74. The topological polar surface area (TPSA) is 30.2 Å². The first-order chi connectivity index (χ1) is 5.08. The standard InChI is InChI=1S/C9H12O2/c1-7-4-5-11-8(7)9(2,3)6-10/h4-6H,1-3H3. The van der Waals surface area contributed by atoms with Crippen molar-refractivity contribution in [3.8, 4) is 0 Å². The fourth-order valence-corrected chi connectivity index (χ4v) is 1.09. The molecule has 11 heavy (non-hydrogen) atoms. The second kappa shape index (κ2) is 2.53. The summed E-state index contributed by atoms with van der Waals surface area (Å²) < 4.78 is 5.19. The van der Waals surface area contributed by atoms with Crippen LogP contribution in [0.3, 0.4) is 0 Å². The van der Waals surface area contributed by atoms with Crippen LogP contribution >= 0.6 is 0 Å². The molecule has 2 nitrogen and oxygen atoms in total. The highest BCUT2D eigenvalue weighted by atomic mass is 16.3. The summed E-state index contributed by atoms with van der Waals surface area (Å²) in [6, 6.07) is 1.86. The maximum atomic E-state index is 10.6. The zero-order valence-corrected chi connectivity index (χ0v) is 7.05. The fourth-order valence-electron chi connectivity index (χ4n) is 1.09. The van der Waals surface area contributed by atoms with Crippen LogP contribution in [0.5, 0.6) is 0 Å². The minimum absolute atomic E-state index is 0.492. The van der Waals surface area contributed by atoms with Crippen LogP contribution in [0.2, 0.25) is 0 Å². The molecule has 0 aliphatic heterocycles. The highest BCUT2D eigenvalue weighted by Crippen LogP contribution is 2.24. The third kappa shape index (κ3) is 1.34. The van der Waals surface area contributed by atoms with Gasteiger partial charge in [0.2, 0.25) is 0 Å². The number of carbonyl (C=O) groups is 1. The first kappa shape index (κ1) is 8.05. The molecule has 0 aliphatic rings. The number of hydrogen-bond acceptors (Lipinski definition) is 2. The molecular formula is C9H12O2. The summed E-state index contributed by atoms with van der Waals surface area (Å²) in [4.78, 5) is 10.6. The Morgan fingerprint density at radius 3 is 2.55 bits per heavy atom. The first-order valence-electron chi connectivity index (χ1n) is 3.59. The Balaban J connectivity index is 3.10. The molecular weight excluding hydrogens is 140 g/mol. The van der Waals surface area contributed by atoms with Crippen LogP contribution < -0.4 is 0 Å². The van der Waals surface area contributed by atoms with Crippen LogP contribution in [0.1, 0.15) is 25.2 Å². The van der Waals surface area contributed by atoms with E-state index in [1.165, 1.54) is 0 Å². The number of aldehydes is 1. The quantitative estimate of drug-likeness (QED) is 0.607. The predicted octanol–water partition coefficient (Wildman–Crippen LogP) is 2.06. The molecule has 0 aromatic carbocycles. The van der Waals surface area contributed by atoms with E-state index in [-0.39, 0.29) is 0 Å². The molecule has 0 radical (unpaired) electrons. The lowest BCUT2D eigenvalue weighted by atomic mass is 9.90. The van der Waals surface area contributed by atoms with Crippen LogP contribution in [0, 0.1) is 6.92 Å². The minimum atomic E-state index is -0.492. The summed E-state index contributed by atoms with van der Waals surface area (Å²) in [7, 11) is 0. The number of rotatable bonds is 2. The van der Waals surface area contributed by atoms with Crippen molar-refractivity contribution in [2.24, 2.45) is 0 Å². The molecule has 0 saturated carbocycles. The Labute approximate surface area is 66.2 Å². The lowest BCUT2D eigenvalue weighted by Crippen LogP contribution is -2.18. The van der Waals surface area contributed by atoms with Crippen LogP contribution in [0.15, 0.2) is 16.7 Å². The maximum Gasteiger partial charge on any atom is 0.133 e. The molecule has 0 N–H and O–H groups in total. The zero-order valence-electron chi connectivity index (χ0n) is 7.05. The maximum absolute atomic E-state index is 10.6. The van der Waals surface area contributed by atoms with Crippen molar-refractivity contribution in [2.75, 3.05) is 0 Å². The van der Waals surface area contributed by atoms with Gasteiger partial charge in [0.25, 0.3) is 0 Å². The Bertz CT molecular complexity index is 258. The van der Waals surface area contributed by atoms with E-state index in [1.807, 2.05) is 26.8 Å². The van der Waals surface area contributed by atoms with E-state index in [9.17, 15) is 4.79 Å². The minimum Gasteiger partial charge on any atom is -0.468 e. The Hall–Kier alpha value is -1.05. The lowest BCUT2D eigenvalue weighted by molar-refractivity contribution is -0.112. The molecule has 0 aliphatic carbocycles. The Morgan fingerprint density at radius 2 is 2.18 bits per heavy atom. The smallest absolute Gasteiger partial charge is 0.133 e. The second-order valence-electron chi connectivity index (χ2n) is 3.27. The number of furan rings is 1. The van der Waals surface area contributed by atoms with Gasteiger partial charge < -0.3 is 9.21 Å². The van der Waals surface area contributed by atoms with Gasteiger partial charge in [0, 0.05) is 0 Å². The number of carbonyl (C=O) groups excluding carboxylic acids is 1. The molecule has 0 saturated heterocycles. The average molecular weight is 152 g/mol. The van der Waals surface area contributed by atoms with Crippen molar-refractivity contribution in [3.05, 3.63) is 23.7 Å². The Kier molecular flexibility index (Phi) is 1.85.